The molecule has 7 nitrogen and oxygen atoms in total. The van der Waals surface area contributed by atoms with E-state index in [1.54, 1.807) is 0 Å². The van der Waals surface area contributed by atoms with Crippen molar-refractivity contribution in [2.24, 2.45) is 17.8 Å². The molecule has 0 aliphatic heterocycles. The third-order valence-electron chi connectivity index (χ3n) is 3.75. The first-order valence-electron chi connectivity index (χ1n) is 8.01. The smallest absolute Gasteiger partial charge is 0.550 e. The molecule has 1 rings (SSSR count). The molecule has 0 radical (unpaired) electrons. The van der Waals surface area contributed by atoms with Crippen LogP contribution in [-0.2, 0) is 23.8 Å². The number of aliphatic carboxylic acids is 1. The van der Waals surface area contributed by atoms with Crippen molar-refractivity contribution in [3.8, 4) is 0 Å². The van der Waals surface area contributed by atoms with Crippen LogP contribution in [0.15, 0.2) is 0 Å². The van der Waals surface area contributed by atoms with E-state index >= 15 is 0 Å². The zero-order chi connectivity index (χ0) is 17.4. The maximum absolute atomic E-state index is 11.5. The van der Waals surface area contributed by atoms with Crippen molar-refractivity contribution in [1.82, 2.24) is 0 Å². The molecule has 0 aromatic rings. The van der Waals surface area contributed by atoms with Crippen LogP contribution in [0.25, 0.3) is 0 Å². The Bertz CT molecular complexity index is 417. The Morgan fingerprint density at radius 2 is 1.62 bits per heavy atom. The Hall–Kier alpha value is -0.790. The van der Waals surface area contributed by atoms with Gasteiger partial charge < -0.3 is 24.1 Å². The number of ether oxygens (including phenoxy) is 3. The summed E-state index contributed by atoms with van der Waals surface area (Å²) < 4.78 is 14.8. The van der Waals surface area contributed by atoms with Gasteiger partial charge in [-0.05, 0) is 43.4 Å². The Balaban J connectivity index is 0.00000529. The molecule has 8 heteroatoms. The molecule has 1 aliphatic rings. The molecule has 1 saturated carbocycles. The SMILES string of the molecule is CC(C)CC(=O)OC(C)OC(=O)OCC1CCC(C(=O)[O-])CC1.[Na+]. The summed E-state index contributed by atoms with van der Waals surface area (Å²) in [6, 6.07) is 0. The molecule has 0 amide bonds. The van der Waals surface area contributed by atoms with Gasteiger partial charge in [0.15, 0.2) is 0 Å². The minimum absolute atomic E-state index is 0. The summed E-state index contributed by atoms with van der Waals surface area (Å²) in [6.07, 6.45) is 0.781. The number of rotatable bonds is 7. The average molecular weight is 352 g/mol. The Kier molecular flexibility index (Phi) is 11.3. The van der Waals surface area contributed by atoms with Crippen molar-refractivity contribution in [3.63, 3.8) is 0 Å². The fourth-order valence-electron chi connectivity index (χ4n) is 2.51. The van der Waals surface area contributed by atoms with Crippen molar-refractivity contribution < 1.29 is 63.3 Å². The predicted octanol–water partition coefficient (Wildman–Crippen LogP) is -1.36. The van der Waals surface area contributed by atoms with Gasteiger partial charge in [-0.15, -0.1) is 0 Å². The number of carboxylic acid groups (broad SMARTS) is 1. The fourth-order valence-corrected chi connectivity index (χ4v) is 2.51. The zero-order valence-corrected chi connectivity index (χ0v) is 16.9. The summed E-state index contributed by atoms with van der Waals surface area (Å²) >= 11 is 0. The van der Waals surface area contributed by atoms with Gasteiger partial charge in [-0.1, -0.05) is 13.8 Å². The summed E-state index contributed by atoms with van der Waals surface area (Å²) in [5.41, 5.74) is 0. The number of hydrogen-bond acceptors (Lipinski definition) is 7. The molecule has 0 aromatic carbocycles. The van der Waals surface area contributed by atoms with Gasteiger partial charge >= 0.3 is 41.7 Å². The second-order valence-electron chi connectivity index (χ2n) is 6.37. The van der Waals surface area contributed by atoms with Crippen LogP contribution < -0.4 is 34.7 Å². The number of carboxylic acids is 1. The monoisotopic (exact) mass is 352 g/mol. The minimum Gasteiger partial charge on any atom is -0.550 e. The van der Waals surface area contributed by atoms with Gasteiger partial charge in [-0.25, -0.2) is 4.79 Å². The number of carbonyl (C=O) groups excluding carboxylic acids is 3. The third-order valence-corrected chi connectivity index (χ3v) is 3.75. The second-order valence-corrected chi connectivity index (χ2v) is 6.37. The fraction of sp³-hybridized carbons (Fsp3) is 0.812. The molecule has 0 N–H and O–H groups in total. The first-order valence-corrected chi connectivity index (χ1v) is 8.01. The normalized spacial score (nSPS) is 21.3. The zero-order valence-electron chi connectivity index (χ0n) is 14.9. The maximum Gasteiger partial charge on any atom is 1.00 e. The van der Waals surface area contributed by atoms with Crippen LogP contribution in [0.2, 0.25) is 0 Å². The minimum atomic E-state index is -1.01. The molecule has 1 aliphatic carbocycles. The number of hydrogen-bond donors (Lipinski definition) is 0. The molecular weight excluding hydrogens is 327 g/mol. The van der Waals surface area contributed by atoms with Crippen LogP contribution in [0.5, 0.6) is 0 Å². The molecule has 0 spiro atoms. The number of esters is 1. The average Bonchev–Trinajstić information content (AvgIpc) is 2.44. The largest absolute Gasteiger partial charge is 1.00 e. The molecule has 24 heavy (non-hydrogen) atoms. The standard InChI is InChI=1S/C16H26O7.Na/c1-10(2)8-14(17)22-11(3)23-16(20)21-9-12-4-6-13(7-5-12)15(18)19;/h10-13H,4-9H2,1-3H3,(H,18,19);/q;+1/p-1. The van der Waals surface area contributed by atoms with Crippen molar-refractivity contribution in [3.05, 3.63) is 0 Å². The molecule has 1 fully saturated rings. The Morgan fingerprint density at radius 3 is 2.12 bits per heavy atom. The Morgan fingerprint density at radius 1 is 1.04 bits per heavy atom. The molecule has 132 valence electrons. The summed E-state index contributed by atoms with van der Waals surface area (Å²) in [4.78, 5) is 33.7. The van der Waals surface area contributed by atoms with Crippen molar-refractivity contribution in [1.29, 1.82) is 0 Å². The topological polar surface area (TPSA) is 102 Å². The maximum atomic E-state index is 11.5. The first kappa shape index (κ1) is 23.2. The van der Waals surface area contributed by atoms with Crippen LogP contribution in [0.4, 0.5) is 4.79 Å². The predicted molar refractivity (Wildman–Crippen MR) is 77.9 cm³/mol. The summed E-state index contributed by atoms with van der Waals surface area (Å²) in [5, 5.41) is 10.7. The van der Waals surface area contributed by atoms with E-state index in [4.69, 9.17) is 14.2 Å². The van der Waals surface area contributed by atoms with Crippen molar-refractivity contribution in [2.45, 2.75) is 59.2 Å². The van der Waals surface area contributed by atoms with Gasteiger partial charge in [0.2, 0.25) is 6.29 Å². The molecule has 1 unspecified atom stereocenters. The van der Waals surface area contributed by atoms with E-state index in [1.807, 2.05) is 13.8 Å². The van der Waals surface area contributed by atoms with Crippen LogP contribution in [0.1, 0.15) is 52.9 Å². The Labute approximate surface area is 164 Å². The van der Waals surface area contributed by atoms with Gasteiger partial charge in [0, 0.05) is 19.3 Å². The van der Waals surface area contributed by atoms with Crippen LogP contribution >= 0.6 is 0 Å². The summed E-state index contributed by atoms with van der Waals surface area (Å²) in [5.74, 6) is -1.56. The van der Waals surface area contributed by atoms with Crippen LogP contribution in [-0.4, -0.2) is 31.0 Å². The summed E-state index contributed by atoms with van der Waals surface area (Å²) in [7, 11) is 0. The van der Waals surface area contributed by atoms with Crippen LogP contribution in [0.3, 0.4) is 0 Å². The van der Waals surface area contributed by atoms with Crippen LogP contribution in [0, 0.1) is 17.8 Å². The van der Waals surface area contributed by atoms with Gasteiger partial charge in [0.05, 0.1) is 6.61 Å². The van der Waals surface area contributed by atoms with E-state index in [9.17, 15) is 19.5 Å². The molecule has 0 heterocycles. The van der Waals surface area contributed by atoms with Crippen molar-refractivity contribution >= 4 is 18.1 Å². The van der Waals surface area contributed by atoms with Gasteiger partial charge in [-0.3, -0.25) is 4.79 Å². The van der Waals surface area contributed by atoms with Gasteiger partial charge in [0.25, 0.3) is 0 Å². The van der Waals surface area contributed by atoms with E-state index in [0.717, 1.165) is 0 Å². The first-order chi connectivity index (χ1) is 10.8. The van der Waals surface area contributed by atoms with E-state index in [2.05, 4.69) is 0 Å². The molecule has 0 aromatic heterocycles. The summed E-state index contributed by atoms with van der Waals surface area (Å²) in [6.45, 7) is 5.39. The van der Waals surface area contributed by atoms with E-state index in [0.29, 0.717) is 25.7 Å². The van der Waals surface area contributed by atoms with E-state index < -0.39 is 30.3 Å². The molecular formula is C16H25NaO7. The third kappa shape index (κ3) is 9.49. The van der Waals surface area contributed by atoms with E-state index in [1.165, 1.54) is 6.92 Å². The van der Waals surface area contributed by atoms with Gasteiger partial charge in [0.1, 0.15) is 0 Å². The number of carbonyl (C=O) groups is 3. The van der Waals surface area contributed by atoms with Crippen molar-refractivity contribution in [2.75, 3.05) is 6.61 Å². The van der Waals surface area contributed by atoms with Gasteiger partial charge in [-0.2, -0.15) is 0 Å². The quantitative estimate of drug-likeness (QED) is 0.317. The molecule has 0 bridgehead atoms. The molecule has 0 saturated heterocycles. The molecule has 1 atom stereocenters. The van der Waals surface area contributed by atoms with E-state index in [-0.39, 0.29) is 54.4 Å². The second kappa shape index (κ2) is 11.7.